The van der Waals surface area contributed by atoms with Crippen molar-refractivity contribution >= 4 is 22.9 Å². The van der Waals surface area contributed by atoms with Crippen LogP contribution in [0.5, 0.6) is 5.75 Å². The number of nitrogens with one attached hydrogen (secondary N) is 1. The van der Waals surface area contributed by atoms with Crippen molar-refractivity contribution in [1.29, 1.82) is 0 Å². The molecule has 1 N–H and O–H groups in total. The van der Waals surface area contributed by atoms with E-state index in [2.05, 4.69) is 22.3 Å². The number of carbonyl (C=O) groups excluding carboxylic acids is 1. The molecule has 1 aliphatic rings. The average molecular weight is 407 g/mol. The number of piperidine rings is 1. The lowest BCUT2D eigenvalue weighted by molar-refractivity contribution is 0.103. The van der Waals surface area contributed by atoms with Crippen LogP contribution in [0.2, 0.25) is 0 Å². The monoisotopic (exact) mass is 406 g/mol. The van der Waals surface area contributed by atoms with Crippen molar-refractivity contribution in [1.82, 2.24) is 4.90 Å². The minimum absolute atomic E-state index is 0.0789. The van der Waals surface area contributed by atoms with E-state index >= 15 is 0 Å². The Kier molecular flexibility index (Phi) is 6.60. The summed E-state index contributed by atoms with van der Waals surface area (Å²) >= 11 is 1.44. The van der Waals surface area contributed by atoms with Gasteiger partial charge in [0.05, 0.1) is 4.88 Å². The molecule has 1 fully saturated rings. The van der Waals surface area contributed by atoms with E-state index in [0.29, 0.717) is 11.5 Å². The highest BCUT2D eigenvalue weighted by Gasteiger charge is 2.12. The second-order valence-corrected chi connectivity index (χ2v) is 8.32. The molecule has 5 heteroatoms. The predicted octanol–water partition coefficient (Wildman–Crippen LogP) is 5.57. The van der Waals surface area contributed by atoms with Gasteiger partial charge in [-0.25, -0.2) is 0 Å². The first kappa shape index (κ1) is 19.7. The van der Waals surface area contributed by atoms with Gasteiger partial charge in [-0.05, 0) is 67.2 Å². The molecule has 0 atom stereocenters. The van der Waals surface area contributed by atoms with E-state index in [9.17, 15) is 4.79 Å². The Bertz CT molecular complexity index is 916. The molecule has 0 spiro atoms. The van der Waals surface area contributed by atoms with Gasteiger partial charge in [0, 0.05) is 17.8 Å². The molecular formula is C24H26N2O2S. The fourth-order valence-electron chi connectivity index (χ4n) is 3.52. The third-order valence-corrected chi connectivity index (χ3v) is 6.07. The molecule has 0 radical (unpaired) electrons. The lowest BCUT2D eigenvalue weighted by Crippen LogP contribution is -2.29. The molecule has 1 amide bonds. The first-order valence-corrected chi connectivity index (χ1v) is 11.0. The molecule has 1 aliphatic heterocycles. The van der Waals surface area contributed by atoms with Crippen molar-refractivity contribution in [2.24, 2.45) is 0 Å². The summed E-state index contributed by atoms with van der Waals surface area (Å²) in [7, 11) is 0. The third kappa shape index (κ3) is 5.68. The number of likely N-dealkylation sites (tertiary alicyclic amines) is 1. The number of amides is 1. The lowest BCUT2D eigenvalue weighted by Gasteiger charge is -2.26. The maximum atomic E-state index is 12.6. The quantitative estimate of drug-likeness (QED) is 0.558. The largest absolute Gasteiger partial charge is 0.489 e. The molecule has 1 aromatic heterocycles. The maximum Gasteiger partial charge on any atom is 0.265 e. The summed E-state index contributed by atoms with van der Waals surface area (Å²) in [6, 6.07) is 19.8. The minimum Gasteiger partial charge on any atom is -0.489 e. The van der Waals surface area contributed by atoms with Gasteiger partial charge in [-0.2, -0.15) is 0 Å². The Morgan fingerprint density at radius 2 is 1.72 bits per heavy atom. The van der Waals surface area contributed by atoms with E-state index in [4.69, 9.17) is 4.74 Å². The van der Waals surface area contributed by atoms with Gasteiger partial charge in [-0.15, -0.1) is 11.3 Å². The maximum absolute atomic E-state index is 12.6. The van der Waals surface area contributed by atoms with Crippen molar-refractivity contribution in [2.45, 2.75) is 32.4 Å². The summed E-state index contributed by atoms with van der Waals surface area (Å²) in [6.45, 7) is 3.82. The van der Waals surface area contributed by atoms with Crippen LogP contribution in [0.4, 0.5) is 5.69 Å². The first-order valence-electron chi connectivity index (χ1n) is 10.1. The molecule has 1 saturated heterocycles. The average Bonchev–Trinajstić information content (AvgIpc) is 3.24. The van der Waals surface area contributed by atoms with E-state index in [1.54, 1.807) is 0 Å². The van der Waals surface area contributed by atoms with E-state index in [1.165, 1.54) is 49.3 Å². The number of anilines is 1. The van der Waals surface area contributed by atoms with Crippen LogP contribution < -0.4 is 10.1 Å². The van der Waals surface area contributed by atoms with Crippen LogP contribution in [0.25, 0.3) is 0 Å². The highest BCUT2D eigenvalue weighted by molar-refractivity contribution is 7.12. The van der Waals surface area contributed by atoms with E-state index in [-0.39, 0.29) is 5.91 Å². The van der Waals surface area contributed by atoms with Gasteiger partial charge in [0.25, 0.3) is 5.91 Å². The molecular weight excluding hydrogens is 380 g/mol. The van der Waals surface area contributed by atoms with Crippen molar-refractivity contribution < 1.29 is 9.53 Å². The van der Waals surface area contributed by atoms with E-state index in [0.717, 1.165) is 23.5 Å². The molecule has 2 aromatic carbocycles. The number of para-hydroxylation sites is 1. The van der Waals surface area contributed by atoms with Crippen molar-refractivity contribution in [3.8, 4) is 5.75 Å². The van der Waals surface area contributed by atoms with Gasteiger partial charge < -0.3 is 10.1 Å². The van der Waals surface area contributed by atoms with Crippen LogP contribution in [-0.2, 0) is 13.2 Å². The van der Waals surface area contributed by atoms with Gasteiger partial charge in [-0.3, -0.25) is 9.69 Å². The zero-order valence-electron chi connectivity index (χ0n) is 16.5. The Balaban J connectivity index is 1.29. The van der Waals surface area contributed by atoms with Gasteiger partial charge >= 0.3 is 0 Å². The fraction of sp³-hybridized carbons (Fsp3) is 0.292. The number of nitrogens with zero attached hydrogens (tertiary/aromatic N) is 1. The first-order chi connectivity index (χ1) is 14.3. The Morgan fingerprint density at radius 1 is 0.966 bits per heavy atom. The van der Waals surface area contributed by atoms with Gasteiger partial charge in [0.1, 0.15) is 12.4 Å². The number of rotatable bonds is 7. The summed E-state index contributed by atoms with van der Waals surface area (Å²) in [5, 5.41) is 4.97. The summed E-state index contributed by atoms with van der Waals surface area (Å²) < 4.78 is 5.75. The lowest BCUT2D eigenvalue weighted by atomic mass is 10.1. The highest BCUT2D eigenvalue weighted by atomic mass is 32.1. The minimum atomic E-state index is -0.0789. The molecule has 0 bridgehead atoms. The molecule has 4 rings (SSSR count). The molecule has 29 heavy (non-hydrogen) atoms. The van der Waals surface area contributed by atoms with E-state index < -0.39 is 0 Å². The second kappa shape index (κ2) is 9.72. The summed E-state index contributed by atoms with van der Waals surface area (Å²) in [5.74, 6) is 0.749. The standard InChI is InChI=1S/C24H26N2O2S/c27-24(23-15-20(18-29-23)17-28-22-7-3-1-4-8-22)25-21-11-9-19(10-12-21)16-26-13-5-2-6-14-26/h1,3-4,7-12,15,18H,2,5-6,13-14,16-17H2,(H,25,27). The van der Waals surface area contributed by atoms with Gasteiger partial charge in [0.2, 0.25) is 0 Å². The van der Waals surface area contributed by atoms with Crippen molar-refractivity contribution in [2.75, 3.05) is 18.4 Å². The SMILES string of the molecule is O=C(Nc1ccc(CN2CCCCC2)cc1)c1cc(COc2ccccc2)cs1. The summed E-state index contributed by atoms with van der Waals surface area (Å²) in [6.07, 6.45) is 3.95. The van der Waals surface area contributed by atoms with Crippen LogP contribution in [0.1, 0.15) is 40.1 Å². The second-order valence-electron chi connectivity index (χ2n) is 7.41. The number of ether oxygens (including phenoxy) is 1. The molecule has 150 valence electrons. The number of hydrogen-bond acceptors (Lipinski definition) is 4. The molecule has 2 heterocycles. The number of carbonyl (C=O) groups is 1. The fourth-order valence-corrected chi connectivity index (χ4v) is 4.31. The zero-order chi connectivity index (χ0) is 19.9. The number of benzene rings is 2. The van der Waals surface area contributed by atoms with Crippen LogP contribution in [0.15, 0.2) is 66.0 Å². The number of hydrogen-bond donors (Lipinski definition) is 1. The van der Waals surface area contributed by atoms with Gasteiger partial charge in [0.15, 0.2) is 0 Å². The topological polar surface area (TPSA) is 41.6 Å². The van der Waals surface area contributed by atoms with Crippen LogP contribution in [0, 0.1) is 0 Å². The smallest absolute Gasteiger partial charge is 0.265 e. The molecule has 0 unspecified atom stereocenters. The summed E-state index contributed by atoms with van der Waals surface area (Å²) in [4.78, 5) is 15.7. The molecule has 3 aromatic rings. The predicted molar refractivity (Wildman–Crippen MR) is 119 cm³/mol. The Labute approximate surface area is 176 Å². The van der Waals surface area contributed by atoms with Crippen LogP contribution in [0.3, 0.4) is 0 Å². The van der Waals surface area contributed by atoms with E-state index in [1.807, 2.05) is 53.9 Å². The van der Waals surface area contributed by atoms with Crippen LogP contribution >= 0.6 is 11.3 Å². The Morgan fingerprint density at radius 3 is 2.48 bits per heavy atom. The molecule has 0 saturated carbocycles. The molecule has 0 aliphatic carbocycles. The van der Waals surface area contributed by atoms with Gasteiger partial charge in [-0.1, -0.05) is 36.8 Å². The Hall–Kier alpha value is -2.63. The van der Waals surface area contributed by atoms with Crippen LogP contribution in [-0.4, -0.2) is 23.9 Å². The zero-order valence-corrected chi connectivity index (χ0v) is 17.3. The third-order valence-electron chi connectivity index (χ3n) is 5.09. The van der Waals surface area contributed by atoms with Crippen molar-refractivity contribution in [3.63, 3.8) is 0 Å². The summed E-state index contributed by atoms with van der Waals surface area (Å²) in [5.41, 5.74) is 3.12. The molecule has 4 nitrogen and oxygen atoms in total. The van der Waals surface area contributed by atoms with Crippen molar-refractivity contribution in [3.05, 3.63) is 82.0 Å². The highest BCUT2D eigenvalue weighted by Crippen LogP contribution is 2.20. The normalized spacial score (nSPS) is 14.5. The number of thiophene rings is 1.